The fraction of sp³-hybridized carbons (Fsp3) is 0.250. The number of hydrogen-bond acceptors (Lipinski definition) is 11. The molecule has 0 fully saturated rings. The Bertz CT molecular complexity index is 1510. The fourth-order valence-corrected chi connectivity index (χ4v) is 14.8. The van der Waals surface area contributed by atoms with Crippen LogP contribution in [-0.2, 0) is 22.9 Å². The van der Waals surface area contributed by atoms with E-state index >= 15 is 0 Å². The molecule has 7 rings (SSSR count). The van der Waals surface area contributed by atoms with Crippen LogP contribution in [0.3, 0.4) is 0 Å². The van der Waals surface area contributed by atoms with Gasteiger partial charge in [-0.1, -0.05) is 71.3 Å². The molecule has 0 saturated carbocycles. The van der Waals surface area contributed by atoms with Crippen LogP contribution in [0.15, 0.2) is 106 Å². The Balaban J connectivity index is 0.966. The second-order valence-corrected chi connectivity index (χ2v) is 18.1. The van der Waals surface area contributed by atoms with E-state index in [4.69, 9.17) is 4.74 Å². The summed E-state index contributed by atoms with van der Waals surface area (Å²) in [5, 5.41) is 13.6. The van der Waals surface area contributed by atoms with Gasteiger partial charge in [0.1, 0.15) is 6.61 Å². The summed E-state index contributed by atoms with van der Waals surface area (Å²) < 4.78 is 19.2. The van der Waals surface area contributed by atoms with Gasteiger partial charge in [0.2, 0.25) is 0 Å². The monoisotopic (exact) mass is 686 g/mol. The average Bonchev–Trinajstić information content (AvgIpc) is 3.86. The number of ether oxygens (including phenoxy) is 1. The minimum absolute atomic E-state index is 0.294. The number of rotatable bonds is 10. The molecule has 0 bridgehead atoms. The molecule has 1 aromatic carbocycles. The number of benzene rings is 1. The van der Waals surface area contributed by atoms with Gasteiger partial charge in [-0.15, -0.1) is 35.3 Å². The first kappa shape index (κ1) is 29.2. The van der Waals surface area contributed by atoms with E-state index in [1.54, 1.807) is 18.6 Å². The van der Waals surface area contributed by atoms with Crippen LogP contribution in [-0.4, -0.2) is 47.5 Å². The fourth-order valence-electron chi connectivity index (χ4n) is 4.52. The molecule has 0 N–H and O–H groups in total. The molecule has 6 heterocycles. The second kappa shape index (κ2) is 13.2. The van der Waals surface area contributed by atoms with Crippen molar-refractivity contribution in [2.45, 2.75) is 25.1 Å². The van der Waals surface area contributed by atoms with E-state index in [-0.39, 0.29) is 0 Å². The molecule has 4 aromatic rings. The van der Waals surface area contributed by atoms with Crippen LogP contribution < -0.4 is 0 Å². The van der Waals surface area contributed by atoms with Gasteiger partial charge in [-0.2, -0.15) is 15.3 Å². The minimum atomic E-state index is -0.896. The van der Waals surface area contributed by atoms with Crippen molar-refractivity contribution in [3.63, 3.8) is 0 Å². The van der Waals surface area contributed by atoms with Gasteiger partial charge in [0.25, 0.3) is 5.79 Å². The van der Waals surface area contributed by atoms with Gasteiger partial charge in [-0.3, -0.25) is 0 Å². The smallest absolute Gasteiger partial charge is 0.273 e. The van der Waals surface area contributed by atoms with E-state index in [9.17, 15) is 0 Å². The van der Waals surface area contributed by atoms with E-state index in [0.717, 1.165) is 11.3 Å². The van der Waals surface area contributed by atoms with Crippen molar-refractivity contribution >= 4 is 82.3 Å². The van der Waals surface area contributed by atoms with E-state index in [1.165, 1.54) is 43.2 Å². The quantitative estimate of drug-likeness (QED) is 0.162. The lowest BCUT2D eigenvalue weighted by molar-refractivity contribution is -0.0174. The lowest BCUT2D eigenvalue weighted by Gasteiger charge is -2.34. The highest BCUT2D eigenvalue weighted by Crippen LogP contribution is 2.65. The second-order valence-electron chi connectivity index (χ2n) is 9.32. The lowest BCUT2D eigenvalue weighted by atomic mass is 10.2. The molecule has 0 atom stereocenters. The number of allylic oxidation sites excluding steroid dienone is 1. The summed E-state index contributed by atoms with van der Waals surface area (Å²) in [7, 11) is 0. The van der Waals surface area contributed by atoms with Crippen LogP contribution in [0.25, 0.3) is 0 Å². The number of hydrogen-bond donors (Lipinski definition) is 0. The highest BCUT2D eigenvalue weighted by molar-refractivity contribution is 8.43. The summed E-state index contributed by atoms with van der Waals surface area (Å²) in [4.78, 5) is 1.42. The van der Waals surface area contributed by atoms with Crippen LogP contribution in [0.2, 0.25) is 0 Å². The molecule has 0 amide bonds. The number of aromatic nitrogens is 6. The maximum Gasteiger partial charge on any atom is 0.273 e. The van der Waals surface area contributed by atoms with Crippen LogP contribution in [0.1, 0.15) is 18.1 Å². The zero-order valence-electron chi connectivity index (χ0n) is 22.5. The zero-order valence-corrected chi connectivity index (χ0v) is 28.2. The van der Waals surface area contributed by atoms with Crippen molar-refractivity contribution in [1.29, 1.82) is 0 Å². The Hall–Kier alpha value is -1.52. The van der Waals surface area contributed by atoms with Crippen LogP contribution in [0.5, 0.6) is 0 Å². The molecule has 42 heavy (non-hydrogen) atoms. The standard InChI is InChI=1S/C28H26N6OS7/c1-20-23(40-26(39-20)27-41-24-25(42-27)37-16-15-36-24)38-18-22-7-5-21(6-8-22)17-35-19-28(32-12-2-9-29-32,33-13-3-10-30-33)34-14-4-11-31-34/h2-14H,15-19H2,1H3. The van der Waals surface area contributed by atoms with Gasteiger partial charge in [0, 0.05) is 59.3 Å². The van der Waals surface area contributed by atoms with Gasteiger partial charge in [-0.05, 0) is 36.2 Å². The third kappa shape index (κ3) is 6.06. The number of nitrogens with zero attached hydrogens (tertiary/aromatic N) is 6. The minimum Gasteiger partial charge on any atom is -0.370 e. The third-order valence-electron chi connectivity index (χ3n) is 6.54. The predicted molar refractivity (Wildman–Crippen MR) is 185 cm³/mol. The first-order chi connectivity index (χ1) is 20.7. The van der Waals surface area contributed by atoms with Crippen LogP contribution >= 0.6 is 82.3 Å². The Labute approximate surface area is 274 Å². The molecule has 0 unspecified atom stereocenters. The van der Waals surface area contributed by atoms with E-state index < -0.39 is 5.79 Å². The molecule has 3 aliphatic heterocycles. The van der Waals surface area contributed by atoms with Gasteiger partial charge in [0.05, 0.1) is 27.8 Å². The number of thioether (sulfide) groups is 7. The van der Waals surface area contributed by atoms with Gasteiger partial charge < -0.3 is 4.74 Å². The Morgan fingerprint density at radius 2 is 1.29 bits per heavy atom. The molecule has 3 aliphatic rings. The highest BCUT2D eigenvalue weighted by Gasteiger charge is 2.39. The zero-order chi connectivity index (χ0) is 28.4. The predicted octanol–water partition coefficient (Wildman–Crippen LogP) is 8.32. The molecule has 14 heteroatoms. The first-order valence-corrected chi connectivity index (χ1v) is 19.4. The Morgan fingerprint density at radius 1 is 0.738 bits per heavy atom. The SMILES string of the molecule is CC1=C(SCc2ccc(COCC(n3cccn3)(n3cccn3)n3cccn3)cc2)SC(=C2SC3=C(SCCS3)S2)S1. The van der Waals surface area contributed by atoms with Crippen LogP contribution in [0, 0.1) is 0 Å². The van der Waals surface area contributed by atoms with Gasteiger partial charge in [-0.25, -0.2) is 14.0 Å². The Morgan fingerprint density at radius 3 is 1.83 bits per heavy atom. The molecule has 0 radical (unpaired) electrons. The molecule has 7 nitrogen and oxygen atoms in total. The van der Waals surface area contributed by atoms with E-state index in [0.29, 0.717) is 13.2 Å². The maximum atomic E-state index is 6.33. The highest BCUT2D eigenvalue weighted by atomic mass is 32.3. The van der Waals surface area contributed by atoms with Crippen molar-refractivity contribution in [2.24, 2.45) is 0 Å². The summed E-state index contributed by atoms with van der Waals surface area (Å²) in [6, 6.07) is 14.4. The van der Waals surface area contributed by atoms with Crippen molar-refractivity contribution in [3.05, 3.63) is 117 Å². The Kier molecular flexibility index (Phi) is 9.20. The summed E-state index contributed by atoms with van der Waals surface area (Å²) in [6.45, 7) is 3.02. The molecule has 0 aliphatic carbocycles. The van der Waals surface area contributed by atoms with Crippen molar-refractivity contribution in [1.82, 2.24) is 29.3 Å². The average molecular weight is 687 g/mol. The molecule has 216 valence electrons. The lowest BCUT2D eigenvalue weighted by Crippen LogP contribution is -2.52. The topological polar surface area (TPSA) is 62.7 Å². The molecule has 0 saturated heterocycles. The summed E-state index contributed by atoms with van der Waals surface area (Å²) in [5.74, 6) is 2.51. The van der Waals surface area contributed by atoms with Gasteiger partial charge in [0.15, 0.2) is 0 Å². The van der Waals surface area contributed by atoms with Gasteiger partial charge >= 0.3 is 0 Å². The summed E-state index contributed by atoms with van der Waals surface area (Å²) in [6.07, 6.45) is 11.0. The summed E-state index contributed by atoms with van der Waals surface area (Å²) in [5.41, 5.74) is 2.43. The summed E-state index contributed by atoms with van der Waals surface area (Å²) >= 11 is 13.8. The van der Waals surface area contributed by atoms with Crippen LogP contribution in [0.4, 0.5) is 0 Å². The largest absolute Gasteiger partial charge is 0.370 e. The first-order valence-electron chi connectivity index (χ1n) is 13.1. The van der Waals surface area contributed by atoms with Crippen molar-refractivity contribution < 1.29 is 4.74 Å². The van der Waals surface area contributed by atoms with E-state index in [1.807, 2.05) is 133 Å². The van der Waals surface area contributed by atoms with Crippen molar-refractivity contribution in [2.75, 3.05) is 18.1 Å². The molecule has 3 aromatic heterocycles. The van der Waals surface area contributed by atoms with Crippen molar-refractivity contribution in [3.8, 4) is 0 Å². The van der Waals surface area contributed by atoms with E-state index in [2.05, 4.69) is 46.5 Å². The third-order valence-corrected chi connectivity index (χ3v) is 17.0. The molecular formula is C28H26N6OS7. The maximum absolute atomic E-state index is 6.33. The molecular weight excluding hydrogens is 661 g/mol. The molecule has 0 spiro atoms. The normalized spacial score (nSPS) is 17.5.